The van der Waals surface area contributed by atoms with Gasteiger partial charge in [0, 0.05) is 0 Å². The van der Waals surface area contributed by atoms with E-state index in [9.17, 15) is 27.9 Å². The van der Waals surface area contributed by atoms with Gasteiger partial charge in [-0.05, 0) is 62.4 Å². The van der Waals surface area contributed by atoms with Crippen molar-refractivity contribution in [2.24, 2.45) is 10.8 Å². The molecule has 0 saturated heterocycles. The Balaban J connectivity index is 2.45. The number of carbonyl (C=O) groups is 2. The van der Waals surface area contributed by atoms with Crippen molar-refractivity contribution in [2.45, 2.75) is 46.9 Å². The molecule has 2 rings (SSSR count). The molecule has 1 N–H and O–H groups in total. The second kappa shape index (κ2) is 7.45. The highest BCUT2D eigenvalue weighted by molar-refractivity contribution is 5.88. The number of benzene rings is 2. The summed E-state index contributed by atoms with van der Waals surface area (Å²) in [5, 5.41) is 11.0. The first-order valence-corrected chi connectivity index (χ1v) is 8.75. The van der Waals surface area contributed by atoms with Crippen molar-refractivity contribution in [3.05, 3.63) is 47.5 Å². The minimum atomic E-state index is -5.04. The van der Waals surface area contributed by atoms with Crippen LogP contribution in [0.2, 0.25) is 0 Å². The van der Waals surface area contributed by atoms with Crippen molar-refractivity contribution in [1.82, 2.24) is 0 Å². The number of rotatable bonds is 6. The molecule has 0 aromatic heterocycles. The van der Waals surface area contributed by atoms with Crippen LogP contribution in [-0.4, -0.2) is 23.4 Å². The normalized spacial score (nSPS) is 12.8. The van der Waals surface area contributed by atoms with Crippen LogP contribution in [0.1, 0.15) is 38.8 Å². The van der Waals surface area contributed by atoms with E-state index in [1.165, 1.54) is 13.8 Å². The Bertz CT molecular complexity index is 898. The summed E-state index contributed by atoms with van der Waals surface area (Å²) in [7, 11) is 0. The molecule has 0 aliphatic carbocycles. The molecule has 0 aliphatic heterocycles. The van der Waals surface area contributed by atoms with Crippen LogP contribution < -0.4 is 0 Å². The van der Waals surface area contributed by atoms with E-state index in [2.05, 4.69) is 4.74 Å². The number of esters is 1. The molecule has 0 heterocycles. The first kappa shape index (κ1) is 21.7. The summed E-state index contributed by atoms with van der Waals surface area (Å²) < 4.78 is 41.0. The van der Waals surface area contributed by atoms with Gasteiger partial charge in [0.1, 0.15) is 0 Å². The lowest BCUT2D eigenvalue weighted by Gasteiger charge is -2.25. The van der Waals surface area contributed by atoms with E-state index in [1.807, 2.05) is 24.3 Å². The first-order chi connectivity index (χ1) is 12.7. The minimum absolute atomic E-state index is 0.0176. The number of carboxylic acids is 1. The summed E-state index contributed by atoms with van der Waals surface area (Å²) in [4.78, 5) is 23.5. The topological polar surface area (TPSA) is 63.6 Å². The number of fused-ring (bicyclic) bond motifs is 1. The molecule has 7 heteroatoms. The lowest BCUT2D eigenvalue weighted by Crippen LogP contribution is -2.33. The molecule has 0 amide bonds. The third kappa shape index (κ3) is 5.24. The van der Waals surface area contributed by atoms with Crippen LogP contribution in [0.5, 0.6) is 0 Å². The standard InChI is InChI=1S/C21H23F3O4/c1-19(2,17(25)26)11-13-9-14-7-5-6-8-16(14)15(10-13)12-20(3,4)18(27)28-21(22,23)24/h5-10H,11-12H2,1-4H3,(H,25,26). The molecule has 0 saturated carbocycles. The summed E-state index contributed by atoms with van der Waals surface area (Å²) in [6, 6.07) is 10.9. The minimum Gasteiger partial charge on any atom is -0.481 e. The second-order valence-electron chi connectivity index (χ2n) is 8.24. The van der Waals surface area contributed by atoms with Crippen molar-refractivity contribution in [2.75, 3.05) is 0 Å². The zero-order valence-corrected chi connectivity index (χ0v) is 16.2. The van der Waals surface area contributed by atoms with E-state index in [0.29, 0.717) is 5.56 Å². The summed E-state index contributed by atoms with van der Waals surface area (Å²) in [6.07, 6.45) is -4.78. The number of aliphatic carboxylic acids is 1. The van der Waals surface area contributed by atoms with Crippen LogP contribution in [0.15, 0.2) is 36.4 Å². The van der Waals surface area contributed by atoms with Crippen LogP contribution in [0.4, 0.5) is 13.2 Å². The fourth-order valence-corrected chi connectivity index (χ4v) is 3.08. The maximum Gasteiger partial charge on any atom is 0.575 e. The monoisotopic (exact) mass is 396 g/mol. The molecule has 0 bridgehead atoms. The molecule has 28 heavy (non-hydrogen) atoms. The number of ether oxygens (including phenoxy) is 1. The van der Waals surface area contributed by atoms with Gasteiger partial charge in [-0.1, -0.05) is 36.4 Å². The van der Waals surface area contributed by atoms with Gasteiger partial charge in [0.25, 0.3) is 0 Å². The third-order valence-electron chi connectivity index (χ3n) is 4.63. The molecule has 0 fully saturated rings. The van der Waals surface area contributed by atoms with Gasteiger partial charge in [-0.15, -0.1) is 13.2 Å². The lowest BCUT2D eigenvalue weighted by atomic mass is 9.81. The average molecular weight is 396 g/mol. The lowest BCUT2D eigenvalue weighted by molar-refractivity contribution is -0.310. The summed E-state index contributed by atoms with van der Waals surface area (Å²) in [5.74, 6) is -2.31. The first-order valence-electron chi connectivity index (χ1n) is 8.75. The zero-order valence-electron chi connectivity index (χ0n) is 16.2. The number of alkyl halides is 3. The van der Waals surface area contributed by atoms with Crippen molar-refractivity contribution >= 4 is 22.7 Å². The Hall–Kier alpha value is -2.57. The Morgan fingerprint density at radius 3 is 2.14 bits per heavy atom. The molecular formula is C21H23F3O4. The van der Waals surface area contributed by atoms with E-state index >= 15 is 0 Å². The van der Waals surface area contributed by atoms with Crippen LogP contribution in [0.25, 0.3) is 10.8 Å². The maximum atomic E-state index is 12.5. The fourth-order valence-electron chi connectivity index (χ4n) is 3.08. The van der Waals surface area contributed by atoms with Crippen molar-refractivity contribution in [1.29, 1.82) is 0 Å². The molecule has 152 valence electrons. The Kier molecular flexibility index (Phi) is 5.78. The molecule has 0 aliphatic rings. The predicted octanol–water partition coefficient (Wildman–Crippen LogP) is 5.12. The highest BCUT2D eigenvalue weighted by Gasteiger charge is 2.40. The molecule has 0 atom stereocenters. The SMILES string of the molecule is CC(C)(Cc1cc(CC(C)(C)C(=O)OC(F)(F)F)c2ccccc2c1)C(=O)O. The molecule has 0 spiro atoms. The van der Waals surface area contributed by atoms with Crippen LogP contribution in [0.3, 0.4) is 0 Å². The largest absolute Gasteiger partial charge is 0.575 e. The van der Waals surface area contributed by atoms with Crippen molar-refractivity contribution in [3.8, 4) is 0 Å². The summed E-state index contributed by atoms with van der Waals surface area (Å²) in [5.41, 5.74) is -1.02. The number of carboxylic acid groups (broad SMARTS) is 1. The quantitative estimate of drug-likeness (QED) is 0.688. The van der Waals surface area contributed by atoms with E-state index < -0.39 is 29.1 Å². The van der Waals surface area contributed by atoms with Crippen molar-refractivity contribution in [3.63, 3.8) is 0 Å². The smallest absolute Gasteiger partial charge is 0.481 e. The van der Waals surface area contributed by atoms with E-state index in [1.54, 1.807) is 26.0 Å². The van der Waals surface area contributed by atoms with Gasteiger partial charge >= 0.3 is 18.3 Å². The van der Waals surface area contributed by atoms with Gasteiger partial charge < -0.3 is 9.84 Å². The number of hydrogen-bond acceptors (Lipinski definition) is 3. The van der Waals surface area contributed by atoms with E-state index in [-0.39, 0.29) is 12.8 Å². The second-order valence-corrected chi connectivity index (χ2v) is 8.24. The highest BCUT2D eigenvalue weighted by Crippen LogP contribution is 2.33. The fraction of sp³-hybridized carbons (Fsp3) is 0.429. The van der Waals surface area contributed by atoms with Gasteiger partial charge in [0.05, 0.1) is 10.8 Å². The zero-order chi connectivity index (χ0) is 21.3. The van der Waals surface area contributed by atoms with Crippen molar-refractivity contribution < 1.29 is 32.6 Å². The van der Waals surface area contributed by atoms with Gasteiger partial charge in [0.2, 0.25) is 0 Å². The number of hydrogen-bond donors (Lipinski definition) is 1. The Morgan fingerprint density at radius 1 is 0.964 bits per heavy atom. The molecule has 4 nitrogen and oxygen atoms in total. The molecule has 2 aromatic rings. The van der Waals surface area contributed by atoms with Crippen LogP contribution in [0, 0.1) is 10.8 Å². The predicted molar refractivity (Wildman–Crippen MR) is 98.7 cm³/mol. The van der Waals surface area contributed by atoms with Gasteiger partial charge in [0.15, 0.2) is 0 Å². The number of halogens is 3. The summed E-state index contributed by atoms with van der Waals surface area (Å²) in [6.45, 7) is 6.00. The summed E-state index contributed by atoms with van der Waals surface area (Å²) >= 11 is 0. The van der Waals surface area contributed by atoms with Gasteiger partial charge in [-0.2, -0.15) is 0 Å². The van der Waals surface area contributed by atoms with Crippen LogP contribution >= 0.6 is 0 Å². The molecule has 0 radical (unpaired) electrons. The van der Waals surface area contributed by atoms with E-state index in [0.717, 1.165) is 16.3 Å². The number of carbonyl (C=O) groups excluding carboxylic acids is 1. The molecule has 0 unspecified atom stereocenters. The maximum absolute atomic E-state index is 12.5. The van der Waals surface area contributed by atoms with Crippen LogP contribution in [-0.2, 0) is 27.2 Å². The van der Waals surface area contributed by atoms with E-state index in [4.69, 9.17) is 0 Å². The van der Waals surface area contributed by atoms with Gasteiger partial charge in [-0.3, -0.25) is 9.59 Å². The highest BCUT2D eigenvalue weighted by atomic mass is 19.4. The third-order valence-corrected chi connectivity index (χ3v) is 4.63. The Morgan fingerprint density at radius 2 is 1.57 bits per heavy atom. The average Bonchev–Trinajstić information content (AvgIpc) is 2.52. The van der Waals surface area contributed by atoms with Gasteiger partial charge in [-0.25, -0.2) is 0 Å². The molecule has 2 aromatic carbocycles. The Labute approximate surface area is 161 Å². The molecular weight excluding hydrogens is 373 g/mol.